The molecule has 1 amide bonds. The molecule has 0 spiro atoms. The molecule has 2 aromatic rings. The van der Waals surface area contributed by atoms with E-state index >= 15 is 0 Å². The monoisotopic (exact) mass is 248 g/mol. The lowest BCUT2D eigenvalue weighted by Crippen LogP contribution is -2.14. The Morgan fingerprint density at radius 1 is 1.47 bits per heavy atom. The molecule has 2 N–H and O–H groups in total. The van der Waals surface area contributed by atoms with Crippen molar-refractivity contribution in [3.63, 3.8) is 0 Å². The second-order valence-corrected chi connectivity index (χ2v) is 4.52. The molecular weight excluding hydrogens is 236 g/mol. The lowest BCUT2D eigenvalue weighted by molar-refractivity contribution is 0.102. The van der Waals surface area contributed by atoms with E-state index in [1.54, 1.807) is 17.8 Å². The number of anilines is 1. The van der Waals surface area contributed by atoms with Crippen molar-refractivity contribution in [2.75, 3.05) is 11.1 Å². The Morgan fingerprint density at radius 2 is 2.29 bits per heavy atom. The first-order chi connectivity index (χ1) is 8.31. The van der Waals surface area contributed by atoms with Crippen LogP contribution in [0.25, 0.3) is 0 Å². The first-order valence-corrected chi connectivity index (χ1v) is 6.18. The number of benzene rings is 1. The third-order valence-electron chi connectivity index (χ3n) is 2.08. The normalized spacial score (nSPS) is 10.2. The number of hydrogen-bond acceptors (Lipinski definition) is 4. The summed E-state index contributed by atoms with van der Waals surface area (Å²) in [5.41, 5.74) is 0.649. The number of nitrogens with zero attached hydrogens (tertiary/aromatic N) is 2. The highest BCUT2D eigenvalue weighted by Gasteiger charge is 2.11. The van der Waals surface area contributed by atoms with E-state index in [9.17, 15) is 4.79 Å². The van der Waals surface area contributed by atoms with Gasteiger partial charge in [0.15, 0.2) is 0 Å². The number of aromatic amines is 1. The lowest BCUT2D eigenvalue weighted by Gasteiger charge is -2.06. The highest BCUT2D eigenvalue weighted by molar-refractivity contribution is 7.99. The smallest absolute Gasteiger partial charge is 0.259 e. The highest BCUT2D eigenvalue weighted by Crippen LogP contribution is 2.22. The van der Waals surface area contributed by atoms with Gasteiger partial charge in [0.1, 0.15) is 6.33 Å². The van der Waals surface area contributed by atoms with Crippen LogP contribution in [0.5, 0.6) is 0 Å². The molecule has 0 aliphatic rings. The van der Waals surface area contributed by atoms with E-state index in [1.807, 2.05) is 18.2 Å². The number of nitrogens with one attached hydrogen (secondary N) is 2. The Morgan fingerprint density at radius 3 is 3.00 bits per heavy atom. The molecule has 88 valence electrons. The summed E-state index contributed by atoms with van der Waals surface area (Å²) in [6.45, 7) is 2.05. The summed E-state index contributed by atoms with van der Waals surface area (Å²) in [6, 6.07) is 7.49. The molecule has 0 saturated carbocycles. The van der Waals surface area contributed by atoms with Crippen LogP contribution < -0.4 is 5.32 Å². The number of rotatable bonds is 4. The van der Waals surface area contributed by atoms with Crippen molar-refractivity contribution in [1.29, 1.82) is 0 Å². The topological polar surface area (TPSA) is 70.7 Å². The third-order valence-corrected chi connectivity index (χ3v) is 3.03. The number of hydrogen-bond donors (Lipinski definition) is 2. The highest BCUT2D eigenvalue weighted by atomic mass is 32.2. The quantitative estimate of drug-likeness (QED) is 0.813. The average Bonchev–Trinajstić information content (AvgIpc) is 2.83. The molecule has 5 nitrogen and oxygen atoms in total. The molecule has 1 aromatic heterocycles. The van der Waals surface area contributed by atoms with Crippen molar-refractivity contribution in [2.24, 2.45) is 0 Å². The van der Waals surface area contributed by atoms with E-state index in [1.165, 1.54) is 6.33 Å². The van der Waals surface area contributed by atoms with Crippen molar-refractivity contribution < 1.29 is 4.79 Å². The fourth-order valence-electron chi connectivity index (χ4n) is 1.38. The van der Waals surface area contributed by atoms with Gasteiger partial charge in [0.25, 0.3) is 5.91 Å². The number of H-pyrrole nitrogens is 1. The molecule has 1 heterocycles. The van der Waals surface area contributed by atoms with Gasteiger partial charge in [-0.05, 0) is 17.9 Å². The Labute approximate surface area is 103 Å². The van der Waals surface area contributed by atoms with Gasteiger partial charge in [-0.15, -0.1) is 11.8 Å². The zero-order valence-electron chi connectivity index (χ0n) is 9.30. The van der Waals surface area contributed by atoms with Crippen LogP contribution >= 0.6 is 11.8 Å². The molecule has 0 radical (unpaired) electrons. The maximum atomic E-state index is 12.0. The zero-order chi connectivity index (χ0) is 12.1. The molecule has 0 atom stereocenters. The molecule has 0 bridgehead atoms. The Balaban J connectivity index is 2.18. The van der Waals surface area contributed by atoms with Gasteiger partial charge in [-0.1, -0.05) is 19.1 Å². The molecule has 0 saturated heterocycles. The summed E-state index contributed by atoms with van der Waals surface area (Å²) < 4.78 is 0. The van der Waals surface area contributed by atoms with E-state index in [4.69, 9.17) is 0 Å². The number of amides is 1. The van der Waals surface area contributed by atoms with Gasteiger partial charge >= 0.3 is 0 Å². The summed E-state index contributed by atoms with van der Waals surface area (Å²) in [5.74, 6) is 1.09. The van der Waals surface area contributed by atoms with Crippen LogP contribution in [-0.4, -0.2) is 26.8 Å². The summed E-state index contributed by atoms with van der Waals surface area (Å²) in [4.78, 5) is 16.8. The van der Waals surface area contributed by atoms with E-state index in [0.717, 1.165) is 10.6 Å². The molecule has 17 heavy (non-hydrogen) atoms. The minimum absolute atomic E-state index is 0.182. The maximum Gasteiger partial charge on any atom is 0.259 e. The summed E-state index contributed by atoms with van der Waals surface area (Å²) in [5, 5.41) is 8.92. The summed E-state index contributed by atoms with van der Waals surface area (Å²) in [6.07, 6.45) is 1.35. The minimum atomic E-state index is -0.182. The van der Waals surface area contributed by atoms with Gasteiger partial charge in [0.05, 0.1) is 5.56 Å². The van der Waals surface area contributed by atoms with Crippen molar-refractivity contribution in [3.8, 4) is 0 Å². The Bertz CT molecular complexity index is 498. The molecule has 2 rings (SSSR count). The second kappa shape index (κ2) is 5.49. The molecule has 0 aliphatic heterocycles. The van der Waals surface area contributed by atoms with Gasteiger partial charge in [0.2, 0.25) is 5.95 Å². The minimum Gasteiger partial charge on any atom is -0.291 e. The molecule has 1 aromatic carbocycles. The van der Waals surface area contributed by atoms with Crippen molar-refractivity contribution >= 4 is 23.6 Å². The van der Waals surface area contributed by atoms with Crippen molar-refractivity contribution in [3.05, 3.63) is 36.2 Å². The first kappa shape index (κ1) is 11.7. The van der Waals surface area contributed by atoms with Crippen LogP contribution in [0.2, 0.25) is 0 Å². The molecule has 0 aliphatic carbocycles. The zero-order valence-corrected chi connectivity index (χ0v) is 10.1. The van der Waals surface area contributed by atoms with Crippen LogP contribution in [0, 0.1) is 0 Å². The average molecular weight is 248 g/mol. The molecule has 0 unspecified atom stereocenters. The van der Waals surface area contributed by atoms with Gasteiger partial charge in [-0.25, -0.2) is 5.10 Å². The van der Waals surface area contributed by atoms with Gasteiger partial charge in [-0.3, -0.25) is 10.1 Å². The third kappa shape index (κ3) is 2.85. The van der Waals surface area contributed by atoms with Crippen LogP contribution in [0.4, 0.5) is 5.95 Å². The second-order valence-electron chi connectivity index (χ2n) is 3.22. The number of thioether (sulfide) groups is 1. The van der Waals surface area contributed by atoms with Crippen LogP contribution in [0.3, 0.4) is 0 Å². The van der Waals surface area contributed by atoms with E-state index in [2.05, 4.69) is 27.4 Å². The molecule has 0 fully saturated rings. The van der Waals surface area contributed by atoms with Crippen molar-refractivity contribution in [1.82, 2.24) is 15.2 Å². The predicted octanol–water partition coefficient (Wildman–Crippen LogP) is 2.17. The predicted molar refractivity (Wildman–Crippen MR) is 67.2 cm³/mol. The van der Waals surface area contributed by atoms with Gasteiger partial charge in [0, 0.05) is 4.90 Å². The maximum absolute atomic E-state index is 12.0. The number of carbonyl (C=O) groups excluding carboxylic acids is 1. The summed E-state index contributed by atoms with van der Waals surface area (Å²) in [7, 11) is 0. The van der Waals surface area contributed by atoms with E-state index in [-0.39, 0.29) is 5.91 Å². The van der Waals surface area contributed by atoms with E-state index < -0.39 is 0 Å². The van der Waals surface area contributed by atoms with Crippen molar-refractivity contribution in [2.45, 2.75) is 11.8 Å². The Hall–Kier alpha value is -1.82. The lowest BCUT2D eigenvalue weighted by atomic mass is 10.2. The molecular formula is C11H12N4OS. The SMILES string of the molecule is CCSc1ccccc1C(=O)Nc1ncn[nH]1. The number of carbonyl (C=O) groups is 1. The number of aromatic nitrogens is 3. The molecule has 6 heteroatoms. The van der Waals surface area contributed by atoms with Gasteiger partial charge < -0.3 is 0 Å². The van der Waals surface area contributed by atoms with Gasteiger partial charge in [-0.2, -0.15) is 10.1 Å². The fraction of sp³-hybridized carbons (Fsp3) is 0.182. The fourth-order valence-corrected chi connectivity index (χ4v) is 2.18. The van der Waals surface area contributed by atoms with Crippen LogP contribution in [0.15, 0.2) is 35.5 Å². The Kier molecular flexibility index (Phi) is 3.77. The first-order valence-electron chi connectivity index (χ1n) is 5.19. The van der Waals surface area contributed by atoms with Crippen LogP contribution in [-0.2, 0) is 0 Å². The van der Waals surface area contributed by atoms with Crippen LogP contribution in [0.1, 0.15) is 17.3 Å². The largest absolute Gasteiger partial charge is 0.291 e. The van der Waals surface area contributed by atoms with E-state index in [0.29, 0.717) is 11.5 Å². The summed E-state index contributed by atoms with van der Waals surface area (Å²) >= 11 is 1.64. The standard InChI is InChI=1S/C11H12N4OS/c1-2-17-9-6-4-3-5-8(9)10(16)14-11-12-7-13-15-11/h3-7H,2H2,1H3,(H2,12,13,14,15,16).